The SMILES string of the molecule is CC(=O)N1CCCC(c2nc(O)cc(O)n2)C1. The van der Waals surface area contributed by atoms with Crippen LogP contribution in [-0.4, -0.2) is 44.1 Å². The third-order valence-electron chi connectivity index (χ3n) is 2.95. The van der Waals surface area contributed by atoms with Crippen LogP contribution in [0.2, 0.25) is 0 Å². The first-order valence-corrected chi connectivity index (χ1v) is 5.58. The fourth-order valence-corrected chi connectivity index (χ4v) is 2.10. The van der Waals surface area contributed by atoms with Gasteiger partial charge in [-0.15, -0.1) is 0 Å². The Balaban J connectivity index is 2.18. The molecule has 1 saturated heterocycles. The maximum atomic E-state index is 11.3. The molecular formula is C11H15N3O3. The van der Waals surface area contributed by atoms with Crippen LogP contribution in [0.3, 0.4) is 0 Å². The Hall–Kier alpha value is -1.85. The molecule has 0 aromatic carbocycles. The number of piperidine rings is 1. The van der Waals surface area contributed by atoms with E-state index in [0.717, 1.165) is 25.5 Å². The average molecular weight is 237 g/mol. The summed E-state index contributed by atoms with van der Waals surface area (Å²) in [6.07, 6.45) is 1.73. The predicted octanol–water partition coefficient (Wildman–Crippen LogP) is 0.614. The minimum atomic E-state index is -0.243. The van der Waals surface area contributed by atoms with E-state index in [1.807, 2.05) is 0 Å². The first-order valence-electron chi connectivity index (χ1n) is 5.58. The van der Waals surface area contributed by atoms with Crippen molar-refractivity contribution in [3.63, 3.8) is 0 Å². The summed E-state index contributed by atoms with van der Waals surface area (Å²) in [5.74, 6) is -0.0851. The van der Waals surface area contributed by atoms with E-state index in [1.165, 1.54) is 6.92 Å². The predicted molar refractivity (Wildman–Crippen MR) is 59.6 cm³/mol. The molecule has 1 aliphatic heterocycles. The highest BCUT2D eigenvalue weighted by Gasteiger charge is 2.25. The van der Waals surface area contributed by atoms with Crippen molar-refractivity contribution in [2.75, 3.05) is 13.1 Å². The molecule has 1 aromatic heterocycles. The second-order valence-electron chi connectivity index (χ2n) is 4.25. The van der Waals surface area contributed by atoms with E-state index in [0.29, 0.717) is 12.4 Å². The van der Waals surface area contributed by atoms with Gasteiger partial charge in [0.2, 0.25) is 17.7 Å². The van der Waals surface area contributed by atoms with Crippen molar-refractivity contribution in [2.45, 2.75) is 25.7 Å². The van der Waals surface area contributed by atoms with Gasteiger partial charge in [0.25, 0.3) is 0 Å². The van der Waals surface area contributed by atoms with Gasteiger partial charge in [-0.05, 0) is 12.8 Å². The van der Waals surface area contributed by atoms with Crippen LogP contribution in [0.15, 0.2) is 6.07 Å². The lowest BCUT2D eigenvalue weighted by molar-refractivity contribution is -0.130. The van der Waals surface area contributed by atoms with Gasteiger partial charge in [-0.2, -0.15) is 9.97 Å². The molecule has 1 atom stereocenters. The fraction of sp³-hybridized carbons (Fsp3) is 0.545. The third-order valence-corrected chi connectivity index (χ3v) is 2.95. The van der Waals surface area contributed by atoms with Crippen LogP contribution in [0, 0.1) is 0 Å². The Morgan fingerprint density at radius 3 is 2.65 bits per heavy atom. The molecule has 6 nitrogen and oxygen atoms in total. The molecule has 0 bridgehead atoms. The van der Waals surface area contributed by atoms with Crippen LogP contribution in [0.1, 0.15) is 31.5 Å². The first kappa shape index (κ1) is 11.6. The molecule has 1 fully saturated rings. The number of likely N-dealkylation sites (tertiary alicyclic amines) is 1. The highest BCUT2D eigenvalue weighted by molar-refractivity contribution is 5.73. The van der Waals surface area contributed by atoms with Crippen molar-refractivity contribution in [1.82, 2.24) is 14.9 Å². The number of carbonyl (C=O) groups excluding carboxylic acids is 1. The van der Waals surface area contributed by atoms with Crippen LogP contribution in [0.4, 0.5) is 0 Å². The lowest BCUT2D eigenvalue weighted by Gasteiger charge is -2.31. The van der Waals surface area contributed by atoms with E-state index >= 15 is 0 Å². The zero-order valence-corrected chi connectivity index (χ0v) is 9.63. The molecule has 0 spiro atoms. The molecule has 1 aliphatic rings. The van der Waals surface area contributed by atoms with Crippen molar-refractivity contribution >= 4 is 5.91 Å². The molecule has 6 heteroatoms. The summed E-state index contributed by atoms with van der Waals surface area (Å²) in [7, 11) is 0. The zero-order valence-electron chi connectivity index (χ0n) is 9.63. The lowest BCUT2D eigenvalue weighted by Crippen LogP contribution is -2.38. The molecule has 2 heterocycles. The molecule has 0 radical (unpaired) electrons. The highest BCUT2D eigenvalue weighted by atomic mass is 16.3. The molecule has 2 rings (SSSR count). The largest absolute Gasteiger partial charge is 0.493 e. The summed E-state index contributed by atoms with van der Waals surface area (Å²) >= 11 is 0. The molecular weight excluding hydrogens is 222 g/mol. The minimum Gasteiger partial charge on any atom is -0.493 e. The van der Waals surface area contributed by atoms with E-state index in [-0.39, 0.29) is 23.6 Å². The normalized spacial score (nSPS) is 20.3. The smallest absolute Gasteiger partial charge is 0.219 e. The summed E-state index contributed by atoms with van der Waals surface area (Å²) in [6.45, 7) is 2.82. The number of hydrogen-bond acceptors (Lipinski definition) is 5. The van der Waals surface area contributed by atoms with Crippen molar-refractivity contribution in [2.24, 2.45) is 0 Å². The first-order chi connectivity index (χ1) is 8.06. The zero-order chi connectivity index (χ0) is 12.4. The molecule has 92 valence electrons. The standard InChI is InChI=1S/C11H15N3O3/c1-7(15)14-4-2-3-8(6-14)11-12-9(16)5-10(17)13-11/h5,8H,2-4,6H2,1H3,(H2,12,13,16,17). The third kappa shape index (κ3) is 2.64. The van der Waals surface area contributed by atoms with Gasteiger partial charge in [-0.3, -0.25) is 4.79 Å². The van der Waals surface area contributed by atoms with Crippen LogP contribution < -0.4 is 0 Å². The number of aromatic nitrogens is 2. The van der Waals surface area contributed by atoms with Gasteiger partial charge in [-0.1, -0.05) is 0 Å². The second kappa shape index (κ2) is 4.57. The monoisotopic (exact) mass is 237 g/mol. The van der Waals surface area contributed by atoms with Crippen molar-refractivity contribution < 1.29 is 15.0 Å². The summed E-state index contributed by atoms with van der Waals surface area (Å²) in [5.41, 5.74) is 0. The number of nitrogens with zero attached hydrogens (tertiary/aromatic N) is 3. The summed E-state index contributed by atoms with van der Waals surface area (Å²) in [5, 5.41) is 18.6. The van der Waals surface area contributed by atoms with Crippen molar-refractivity contribution in [3.05, 3.63) is 11.9 Å². The Kier molecular flexibility index (Phi) is 3.12. The fourth-order valence-electron chi connectivity index (χ4n) is 2.10. The van der Waals surface area contributed by atoms with E-state index < -0.39 is 0 Å². The number of rotatable bonds is 1. The maximum absolute atomic E-state index is 11.3. The van der Waals surface area contributed by atoms with Gasteiger partial charge in [0.05, 0.1) is 6.07 Å². The van der Waals surface area contributed by atoms with Gasteiger partial charge in [0, 0.05) is 25.9 Å². The average Bonchev–Trinajstić information content (AvgIpc) is 2.28. The Labute approximate surface area is 98.9 Å². The molecule has 0 aliphatic carbocycles. The Morgan fingerprint density at radius 2 is 2.06 bits per heavy atom. The number of aromatic hydroxyl groups is 2. The topological polar surface area (TPSA) is 86.6 Å². The summed E-state index contributed by atoms with van der Waals surface area (Å²) in [6, 6.07) is 1.09. The molecule has 1 aromatic rings. The molecule has 1 unspecified atom stereocenters. The number of carbonyl (C=O) groups is 1. The molecule has 2 N–H and O–H groups in total. The minimum absolute atomic E-state index is 0.0225. The Morgan fingerprint density at radius 1 is 1.41 bits per heavy atom. The van der Waals surface area contributed by atoms with Gasteiger partial charge >= 0.3 is 0 Å². The van der Waals surface area contributed by atoms with Gasteiger partial charge < -0.3 is 15.1 Å². The lowest BCUT2D eigenvalue weighted by atomic mass is 9.97. The van der Waals surface area contributed by atoms with Gasteiger partial charge in [0.1, 0.15) is 5.82 Å². The highest BCUT2D eigenvalue weighted by Crippen LogP contribution is 2.26. The molecule has 17 heavy (non-hydrogen) atoms. The van der Waals surface area contributed by atoms with E-state index in [1.54, 1.807) is 4.90 Å². The van der Waals surface area contributed by atoms with Gasteiger partial charge in [0.15, 0.2) is 0 Å². The van der Waals surface area contributed by atoms with E-state index in [9.17, 15) is 15.0 Å². The summed E-state index contributed by atoms with van der Waals surface area (Å²) < 4.78 is 0. The number of amides is 1. The van der Waals surface area contributed by atoms with E-state index in [4.69, 9.17) is 0 Å². The quantitative estimate of drug-likeness (QED) is 0.747. The maximum Gasteiger partial charge on any atom is 0.219 e. The van der Waals surface area contributed by atoms with Crippen LogP contribution in [0.25, 0.3) is 0 Å². The molecule has 1 amide bonds. The summed E-state index contributed by atoms with van der Waals surface area (Å²) in [4.78, 5) is 20.8. The van der Waals surface area contributed by atoms with E-state index in [2.05, 4.69) is 9.97 Å². The second-order valence-corrected chi connectivity index (χ2v) is 4.25. The van der Waals surface area contributed by atoms with Crippen molar-refractivity contribution in [3.8, 4) is 11.8 Å². The Bertz CT molecular complexity index is 416. The van der Waals surface area contributed by atoms with Crippen LogP contribution in [-0.2, 0) is 4.79 Å². The number of hydrogen-bond donors (Lipinski definition) is 2. The van der Waals surface area contributed by atoms with Gasteiger partial charge in [-0.25, -0.2) is 0 Å². The van der Waals surface area contributed by atoms with Crippen LogP contribution in [0.5, 0.6) is 11.8 Å². The molecule has 0 saturated carbocycles. The van der Waals surface area contributed by atoms with Crippen LogP contribution >= 0.6 is 0 Å². The van der Waals surface area contributed by atoms with Crippen molar-refractivity contribution in [1.29, 1.82) is 0 Å².